The van der Waals surface area contributed by atoms with Gasteiger partial charge >= 0.3 is 5.69 Å². The highest BCUT2D eigenvalue weighted by atomic mass is 35.5. The average molecular weight is 441 g/mol. The number of rotatable bonds is 5. The largest absolute Gasteiger partial charge is 0.343 e. The molecule has 2 aliphatic rings. The predicted octanol–water partition coefficient (Wildman–Crippen LogP) is 3.96. The molecule has 5 rings (SSSR count). The molecule has 3 aromatic rings. The molecule has 6 nitrogen and oxygen atoms in total. The summed E-state index contributed by atoms with van der Waals surface area (Å²) in [6.07, 6.45) is 2.86. The molecule has 1 amide bonds. The van der Waals surface area contributed by atoms with Gasteiger partial charge in [0.05, 0.1) is 5.02 Å². The van der Waals surface area contributed by atoms with Gasteiger partial charge in [-0.3, -0.25) is 9.36 Å². The van der Waals surface area contributed by atoms with Crippen LogP contribution in [0.4, 0.5) is 4.39 Å². The highest BCUT2D eigenvalue weighted by Gasteiger charge is 2.36. The second-order valence-electron chi connectivity index (χ2n) is 8.38. The van der Waals surface area contributed by atoms with Crippen LogP contribution in [0.2, 0.25) is 5.02 Å². The van der Waals surface area contributed by atoms with E-state index in [2.05, 4.69) is 10.2 Å². The molecule has 0 spiro atoms. The van der Waals surface area contributed by atoms with Gasteiger partial charge < -0.3 is 4.90 Å². The summed E-state index contributed by atoms with van der Waals surface area (Å²) in [6.45, 7) is 1.90. The fourth-order valence-electron chi connectivity index (χ4n) is 4.24. The van der Waals surface area contributed by atoms with Gasteiger partial charge in [-0.2, -0.15) is 5.10 Å². The number of H-pyrrole nitrogens is 1. The van der Waals surface area contributed by atoms with Crippen molar-refractivity contribution >= 4 is 17.5 Å². The minimum absolute atomic E-state index is 0.203. The molecule has 8 heteroatoms. The van der Waals surface area contributed by atoms with E-state index in [4.69, 9.17) is 11.6 Å². The number of nitrogens with zero attached hydrogens (tertiary/aromatic N) is 3. The molecule has 31 heavy (non-hydrogen) atoms. The van der Waals surface area contributed by atoms with E-state index in [0.29, 0.717) is 29.5 Å². The van der Waals surface area contributed by atoms with Crippen LogP contribution in [0.1, 0.15) is 19.3 Å². The summed E-state index contributed by atoms with van der Waals surface area (Å²) < 4.78 is 14.8. The van der Waals surface area contributed by atoms with Crippen LogP contribution >= 0.6 is 11.6 Å². The van der Waals surface area contributed by atoms with Gasteiger partial charge in [0.2, 0.25) is 5.91 Å². The van der Waals surface area contributed by atoms with Crippen molar-refractivity contribution in [2.45, 2.75) is 25.8 Å². The number of hydrogen-bond donors (Lipinski definition) is 1. The van der Waals surface area contributed by atoms with Crippen LogP contribution in [0.5, 0.6) is 0 Å². The highest BCUT2D eigenvalue weighted by Crippen LogP contribution is 2.34. The molecular weight excluding hydrogens is 419 g/mol. The fourth-order valence-corrected chi connectivity index (χ4v) is 4.50. The first-order chi connectivity index (χ1) is 15.0. The van der Waals surface area contributed by atoms with Gasteiger partial charge in [0.1, 0.15) is 5.82 Å². The Hall–Kier alpha value is -2.93. The topological polar surface area (TPSA) is 71.0 Å². The van der Waals surface area contributed by atoms with Crippen molar-refractivity contribution < 1.29 is 9.18 Å². The molecule has 1 N–H and O–H groups in total. The Morgan fingerprint density at radius 1 is 1.13 bits per heavy atom. The van der Waals surface area contributed by atoms with Gasteiger partial charge in [-0.15, -0.1) is 0 Å². The molecule has 1 saturated heterocycles. The molecular formula is C23H22ClFN4O2. The van der Waals surface area contributed by atoms with Crippen molar-refractivity contribution in [2.75, 3.05) is 13.1 Å². The quantitative estimate of drug-likeness (QED) is 0.652. The molecule has 1 aliphatic carbocycles. The number of benzene rings is 2. The number of halogens is 2. The number of hydrogen-bond acceptors (Lipinski definition) is 3. The van der Waals surface area contributed by atoms with Crippen LogP contribution in [-0.4, -0.2) is 38.7 Å². The number of likely N-dealkylation sites (tertiary alicyclic amines) is 1. The lowest BCUT2D eigenvalue weighted by molar-refractivity contribution is -0.131. The summed E-state index contributed by atoms with van der Waals surface area (Å²) in [6, 6.07) is 11.7. The van der Waals surface area contributed by atoms with Crippen molar-refractivity contribution in [3.63, 3.8) is 0 Å². The third-order valence-corrected chi connectivity index (χ3v) is 6.42. The first kappa shape index (κ1) is 20.0. The molecule has 1 aliphatic heterocycles. The SMILES string of the molecule is O=C(C1CC1)N1CCC(Cn2c(-c3ccc(-c4ccc(F)cc4)cc3Cl)n[nH]c2=O)C1. The van der Waals surface area contributed by atoms with E-state index in [-0.39, 0.29) is 29.2 Å². The van der Waals surface area contributed by atoms with Crippen LogP contribution in [0.25, 0.3) is 22.5 Å². The maximum absolute atomic E-state index is 13.2. The van der Waals surface area contributed by atoms with Crippen LogP contribution in [0.15, 0.2) is 47.3 Å². The number of carbonyl (C=O) groups is 1. The Morgan fingerprint density at radius 2 is 1.87 bits per heavy atom. The number of nitrogens with one attached hydrogen (secondary N) is 1. The van der Waals surface area contributed by atoms with Gasteiger partial charge in [0.25, 0.3) is 0 Å². The monoisotopic (exact) mass is 440 g/mol. The van der Waals surface area contributed by atoms with E-state index in [1.165, 1.54) is 12.1 Å². The van der Waals surface area contributed by atoms with E-state index >= 15 is 0 Å². The van der Waals surface area contributed by atoms with Gasteiger partial charge in [-0.25, -0.2) is 14.3 Å². The maximum atomic E-state index is 13.2. The Balaban J connectivity index is 1.37. The standard InChI is InChI=1S/C23H22ClFN4O2/c24-20-11-17(15-3-6-18(25)7-4-15)5-8-19(20)21-26-27-23(31)29(21)13-14-9-10-28(12-14)22(30)16-1-2-16/h3-8,11,14,16H,1-2,9-10,12-13H2,(H,27,31). The zero-order valence-electron chi connectivity index (χ0n) is 16.9. The van der Waals surface area contributed by atoms with Gasteiger partial charge in [0, 0.05) is 31.1 Å². The summed E-state index contributed by atoms with van der Waals surface area (Å²) in [4.78, 5) is 26.7. The van der Waals surface area contributed by atoms with Crippen molar-refractivity contribution in [1.82, 2.24) is 19.7 Å². The summed E-state index contributed by atoms with van der Waals surface area (Å²) in [7, 11) is 0. The van der Waals surface area contributed by atoms with E-state index in [1.54, 1.807) is 22.8 Å². The van der Waals surface area contributed by atoms with Crippen LogP contribution in [0.3, 0.4) is 0 Å². The fraction of sp³-hybridized carbons (Fsp3) is 0.348. The smallest absolute Gasteiger partial charge is 0.342 e. The predicted molar refractivity (Wildman–Crippen MR) is 116 cm³/mol. The van der Waals surface area contributed by atoms with Gasteiger partial charge in [-0.1, -0.05) is 29.8 Å². The maximum Gasteiger partial charge on any atom is 0.343 e. The molecule has 0 radical (unpaired) electrons. The number of aromatic nitrogens is 3. The molecule has 2 fully saturated rings. The van der Waals surface area contributed by atoms with Crippen LogP contribution in [0, 0.1) is 17.7 Å². The van der Waals surface area contributed by atoms with Gasteiger partial charge in [0.15, 0.2) is 5.82 Å². The Kier molecular flexibility index (Phi) is 5.14. The molecule has 2 aromatic carbocycles. The zero-order valence-corrected chi connectivity index (χ0v) is 17.6. The molecule has 160 valence electrons. The van der Waals surface area contributed by atoms with Gasteiger partial charge in [-0.05, 0) is 60.6 Å². The molecule has 0 bridgehead atoms. The number of aromatic amines is 1. The third-order valence-electron chi connectivity index (χ3n) is 6.11. The van der Waals surface area contributed by atoms with E-state index in [9.17, 15) is 14.0 Å². The molecule has 1 saturated carbocycles. The minimum atomic E-state index is -0.295. The zero-order chi connectivity index (χ0) is 21.5. The van der Waals surface area contributed by atoms with Crippen molar-refractivity contribution in [3.8, 4) is 22.5 Å². The highest BCUT2D eigenvalue weighted by molar-refractivity contribution is 6.33. The summed E-state index contributed by atoms with van der Waals surface area (Å²) in [5, 5.41) is 7.19. The van der Waals surface area contributed by atoms with E-state index in [1.807, 2.05) is 17.0 Å². The molecule has 1 atom stereocenters. The Labute approximate surface area is 183 Å². The van der Waals surface area contributed by atoms with E-state index < -0.39 is 0 Å². The van der Waals surface area contributed by atoms with Crippen molar-refractivity contribution in [3.05, 3.63) is 63.8 Å². The summed E-state index contributed by atoms with van der Waals surface area (Å²) in [5.41, 5.74) is 2.05. The average Bonchev–Trinajstić information content (AvgIpc) is 3.42. The minimum Gasteiger partial charge on any atom is -0.342 e. The first-order valence-electron chi connectivity index (χ1n) is 10.5. The van der Waals surface area contributed by atoms with Crippen LogP contribution < -0.4 is 5.69 Å². The molecule has 2 heterocycles. The molecule has 1 aromatic heterocycles. The van der Waals surface area contributed by atoms with Crippen molar-refractivity contribution in [1.29, 1.82) is 0 Å². The number of amides is 1. The first-order valence-corrected chi connectivity index (χ1v) is 10.9. The van der Waals surface area contributed by atoms with Crippen LogP contribution in [-0.2, 0) is 11.3 Å². The second kappa shape index (κ2) is 7.96. The summed E-state index contributed by atoms with van der Waals surface area (Å²) in [5.74, 6) is 0.851. The van der Waals surface area contributed by atoms with E-state index in [0.717, 1.165) is 36.9 Å². The Morgan fingerprint density at radius 3 is 2.58 bits per heavy atom. The normalized spacial score (nSPS) is 18.5. The second-order valence-corrected chi connectivity index (χ2v) is 8.78. The lowest BCUT2D eigenvalue weighted by Crippen LogP contribution is -2.31. The lowest BCUT2D eigenvalue weighted by Gasteiger charge is -2.17. The molecule has 1 unspecified atom stereocenters. The lowest BCUT2D eigenvalue weighted by atomic mass is 10.0. The Bertz CT molecular complexity index is 1180. The van der Waals surface area contributed by atoms with Crippen molar-refractivity contribution in [2.24, 2.45) is 11.8 Å². The summed E-state index contributed by atoms with van der Waals surface area (Å²) >= 11 is 6.55. The third kappa shape index (κ3) is 4.02. The number of carbonyl (C=O) groups excluding carboxylic acids is 1.